The second-order valence-corrected chi connectivity index (χ2v) is 3.58. The number of carbonyl (C=O) groups excluding carboxylic acids is 1. The molecule has 0 aromatic carbocycles. The highest BCUT2D eigenvalue weighted by Gasteiger charge is 2.36. The molecule has 0 radical (unpaired) electrons. The van der Waals surface area contributed by atoms with E-state index in [1.54, 1.807) is 0 Å². The van der Waals surface area contributed by atoms with Crippen molar-refractivity contribution in [2.75, 3.05) is 0 Å². The van der Waals surface area contributed by atoms with Crippen molar-refractivity contribution < 1.29 is 9.53 Å². The molecule has 0 bridgehead atoms. The Labute approximate surface area is 72.8 Å². The van der Waals surface area contributed by atoms with Crippen LogP contribution < -0.4 is 5.32 Å². The summed E-state index contributed by atoms with van der Waals surface area (Å²) >= 11 is 0. The quantitative estimate of drug-likeness (QED) is 0.639. The molecule has 1 aliphatic heterocycles. The second kappa shape index (κ2) is 3.17. The number of rotatable bonds is 2. The first-order valence-corrected chi connectivity index (χ1v) is 4.15. The van der Waals surface area contributed by atoms with Crippen molar-refractivity contribution in [1.29, 1.82) is 0 Å². The van der Waals surface area contributed by atoms with Gasteiger partial charge in [-0.05, 0) is 12.8 Å². The number of amides is 1. The van der Waals surface area contributed by atoms with Crippen molar-refractivity contribution >= 4 is 6.09 Å². The van der Waals surface area contributed by atoms with Crippen LogP contribution in [0.5, 0.6) is 0 Å². The first kappa shape index (κ1) is 9.10. The third-order valence-corrected chi connectivity index (χ3v) is 2.03. The number of ether oxygens (including phenoxy) is 1. The summed E-state index contributed by atoms with van der Waals surface area (Å²) < 4.78 is 5.09. The fourth-order valence-corrected chi connectivity index (χ4v) is 1.36. The Bertz CT molecular complexity index is 211. The molecular formula is C9H15NO2. The summed E-state index contributed by atoms with van der Waals surface area (Å²) in [5.74, 6) is 0.325. The van der Waals surface area contributed by atoms with Crippen molar-refractivity contribution in [3.05, 3.63) is 12.2 Å². The highest BCUT2D eigenvalue weighted by atomic mass is 16.6. The van der Waals surface area contributed by atoms with Crippen LogP contribution in [0, 0.1) is 5.92 Å². The molecule has 2 unspecified atom stereocenters. The molecule has 12 heavy (non-hydrogen) atoms. The molecule has 3 heteroatoms. The summed E-state index contributed by atoms with van der Waals surface area (Å²) in [6.45, 7) is 9.76. The molecular weight excluding hydrogens is 154 g/mol. The fourth-order valence-electron chi connectivity index (χ4n) is 1.36. The van der Waals surface area contributed by atoms with Crippen molar-refractivity contribution in [2.24, 2.45) is 5.92 Å². The maximum absolute atomic E-state index is 10.9. The van der Waals surface area contributed by atoms with Gasteiger partial charge in [0.05, 0.1) is 6.04 Å². The van der Waals surface area contributed by atoms with Gasteiger partial charge in [-0.1, -0.05) is 26.0 Å². The van der Waals surface area contributed by atoms with Crippen LogP contribution in [0.4, 0.5) is 4.79 Å². The fraction of sp³-hybridized carbons (Fsp3) is 0.667. The Hall–Kier alpha value is -0.990. The minimum atomic E-state index is -0.332. The van der Waals surface area contributed by atoms with Crippen LogP contribution in [-0.4, -0.2) is 18.2 Å². The maximum atomic E-state index is 10.9. The number of cyclic esters (lactones) is 1. The molecule has 2 atom stereocenters. The number of alkyl carbamates (subject to hydrolysis) is 1. The van der Waals surface area contributed by atoms with E-state index < -0.39 is 0 Å². The number of carbonyl (C=O) groups is 1. The van der Waals surface area contributed by atoms with Crippen molar-refractivity contribution in [3.63, 3.8) is 0 Å². The molecule has 1 heterocycles. The largest absolute Gasteiger partial charge is 0.443 e. The third kappa shape index (κ3) is 1.60. The van der Waals surface area contributed by atoms with E-state index in [1.807, 2.05) is 20.8 Å². The molecule has 1 aliphatic rings. The number of hydrogen-bond acceptors (Lipinski definition) is 2. The van der Waals surface area contributed by atoms with Gasteiger partial charge in [-0.3, -0.25) is 0 Å². The van der Waals surface area contributed by atoms with Crippen molar-refractivity contribution in [3.8, 4) is 0 Å². The van der Waals surface area contributed by atoms with E-state index in [-0.39, 0.29) is 18.2 Å². The average molecular weight is 169 g/mol. The Kier molecular flexibility index (Phi) is 2.40. The first-order valence-electron chi connectivity index (χ1n) is 4.15. The van der Waals surface area contributed by atoms with E-state index in [9.17, 15) is 4.79 Å². The molecule has 1 fully saturated rings. The lowest BCUT2D eigenvalue weighted by Crippen LogP contribution is -2.35. The summed E-state index contributed by atoms with van der Waals surface area (Å²) in [5.41, 5.74) is 0.944. The highest BCUT2D eigenvalue weighted by Crippen LogP contribution is 2.21. The minimum Gasteiger partial charge on any atom is -0.443 e. The Morgan fingerprint density at radius 2 is 2.25 bits per heavy atom. The van der Waals surface area contributed by atoms with Gasteiger partial charge in [0.2, 0.25) is 0 Å². The van der Waals surface area contributed by atoms with E-state index in [4.69, 9.17) is 4.74 Å². The first-order chi connectivity index (χ1) is 5.52. The molecule has 1 saturated heterocycles. The van der Waals surface area contributed by atoms with Crippen LogP contribution in [-0.2, 0) is 4.74 Å². The summed E-state index contributed by atoms with van der Waals surface area (Å²) in [7, 11) is 0. The zero-order valence-corrected chi connectivity index (χ0v) is 7.76. The number of hydrogen-bond donors (Lipinski definition) is 1. The molecule has 68 valence electrons. The van der Waals surface area contributed by atoms with Crippen LogP contribution in [0.25, 0.3) is 0 Å². The zero-order valence-electron chi connectivity index (χ0n) is 7.76. The van der Waals surface area contributed by atoms with Crippen molar-refractivity contribution in [1.82, 2.24) is 5.32 Å². The summed E-state index contributed by atoms with van der Waals surface area (Å²) in [4.78, 5) is 10.9. The van der Waals surface area contributed by atoms with E-state index >= 15 is 0 Å². The minimum absolute atomic E-state index is 0.0162. The van der Waals surface area contributed by atoms with E-state index in [0.717, 1.165) is 5.57 Å². The van der Waals surface area contributed by atoms with E-state index in [2.05, 4.69) is 11.9 Å². The summed E-state index contributed by atoms with van der Waals surface area (Å²) in [6, 6.07) is -0.0162. The van der Waals surface area contributed by atoms with Crippen LogP contribution in [0.1, 0.15) is 20.8 Å². The highest BCUT2D eigenvalue weighted by molar-refractivity contribution is 5.71. The van der Waals surface area contributed by atoms with E-state index in [1.165, 1.54) is 0 Å². The Balaban J connectivity index is 2.72. The normalized spacial score (nSPS) is 28.5. The molecule has 0 aromatic heterocycles. The van der Waals surface area contributed by atoms with Gasteiger partial charge >= 0.3 is 6.09 Å². The van der Waals surface area contributed by atoms with Gasteiger partial charge < -0.3 is 10.1 Å². The van der Waals surface area contributed by atoms with Crippen LogP contribution >= 0.6 is 0 Å². The average Bonchev–Trinajstić information content (AvgIpc) is 2.31. The molecule has 0 aliphatic carbocycles. The standard InChI is InChI=1S/C9H15NO2/c1-5(2)7-8(6(3)4)12-9(11)10-7/h6-8H,1H2,2-4H3,(H,10,11). The summed E-state index contributed by atoms with van der Waals surface area (Å²) in [6.07, 6.45) is -0.392. The SMILES string of the molecule is C=C(C)C1NC(=O)OC1C(C)C. The van der Waals surface area contributed by atoms with Gasteiger partial charge in [0, 0.05) is 0 Å². The Morgan fingerprint density at radius 3 is 2.58 bits per heavy atom. The van der Waals surface area contributed by atoms with Crippen LogP contribution in [0.3, 0.4) is 0 Å². The third-order valence-electron chi connectivity index (χ3n) is 2.03. The lowest BCUT2D eigenvalue weighted by Gasteiger charge is -2.19. The van der Waals surface area contributed by atoms with E-state index in [0.29, 0.717) is 5.92 Å². The molecule has 1 rings (SSSR count). The molecule has 0 spiro atoms. The van der Waals surface area contributed by atoms with Gasteiger partial charge in [0.25, 0.3) is 0 Å². The maximum Gasteiger partial charge on any atom is 0.408 e. The lowest BCUT2D eigenvalue weighted by atomic mass is 9.96. The van der Waals surface area contributed by atoms with Gasteiger partial charge in [-0.15, -0.1) is 0 Å². The Morgan fingerprint density at radius 1 is 1.67 bits per heavy atom. The summed E-state index contributed by atoms with van der Waals surface area (Å²) in [5, 5.41) is 2.72. The second-order valence-electron chi connectivity index (χ2n) is 3.58. The lowest BCUT2D eigenvalue weighted by molar-refractivity contribution is 0.107. The molecule has 0 aromatic rings. The predicted octanol–water partition coefficient (Wildman–Crippen LogP) is 1.70. The van der Waals surface area contributed by atoms with Crippen LogP contribution in [0.2, 0.25) is 0 Å². The molecule has 0 saturated carbocycles. The molecule has 3 nitrogen and oxygen atoms in total. The van der Waals surface area contributed by atoms with Gasteiger partial charge in [-0.25, -0.2) is 4.79 Å². The molecule has 1 amide bonds. The number of nitrogens with one attached hydrogen (secondary N) is 1. The van der Waals surface area contributed by atoms with Gasteiger partial charge in [-0.2, -0.15) is 0 Å². The van der Waals surface area contributed by atoms with Gasteiger partial charge in [0.1, 0.15) is 6.10 Å². The smallest absolute Gasteiger partial charge is 0.408 e. The van der Waals surface area contributed by atoms with Gasteiger partial charge in [0.15, 0.2) is 0 Å². The monoisotopic (exact) mass is 169 g/mol. The topological polar surface area (TPSA) is 38.3 Å². The predicted molar refractivity (Wildman–Crippen MR) is 46.8 cm³/mol. The van der Waals surface area contributed by atoms with Crippen LogP contribution in [0.15, 0.2) is 12.2 Å². The molecule has 1 N–H and O–H groups in total. The van der Waals surface area contributed by atoms with Crippen molar-refractivity contribution in [2.45, 2.75) is 32.9 Å². The zero-order chi connectivity index (χ0) is 9.30.